The third-order valence-corrected chi connectivity index (χ3v) is 5.21. The number of thiazole rings is 1. The number of carbonyl (C=O) groups is 2. The Hall–Kier alpha value is -1.43. The molecule has 1 aromatic rings. The molecule has 0 bridgehead atoms. The average molecular weight is 324 g/mol. The number of rotatable bonds is 7. The van der Waals surface area contributed by atoms with Crippen molar-refractivity contribution in [3.63, 3.8) is 0 Å². The zero-order valence-electron chi connectivity index (χ0n) is 13.1. The lowest BCUT2D eigenvalue weighted by atomic mass is 9.74. The third kappa shape index (κ3) is 4.53. The monoisotopic (exact) mass is 324 g/mol. The highest BCUT2D eigenvalue weighted by atomic mass is 32.1. The van der Waals surface area contributed by atoms with Gasteiger partial charge in [-0.25, -0.2) is 4.98 Å². The Morgan fingerprint density at radius 3 is 2.68 bits per heavy atom. The van der Waals surface area contributed by atoms with Crippen LogP contribution in [0, 0.1) is 12.3 Å². The van der Waals surface area contributed by atoms with Crippen molar-refractivity contribution in [2.75, 3.05) is 6.54 Å². The van der Waals surface area contributed by atoms with Crippen LogP contribution in [0.25, 0.3) is 0 Å². The number of carbonyl (C=O) groups excluding carboxylic acids is 1. The first kappa shape index (κ1) is 16.9. The highest BCUT2D eigenvalue weighted by molar-refractivity contribution is 7.09. The molecule has 2 N–H and O–H groups in total. The van der Waals surface area contributed by atoms with Crippen molar-refractivity contribution < 1.29 is 14.7 Å². The van der Waals surface area contributed by atoms with Gasteiger partial charge in [0.15, 0.2) is 0 Å². The second-order valence-corrected chi connectivity index (χ2v) is 7.20. The van der Waals surface area contributed by atoms with Gasteiger partial charge in [-0.15, -0.1) is 11.3 Å². The van der Waals surface area contributed by atoms with Crippen LogP contribution in [0.15, 0.2) is 5.38 Å². The van der Waals surface area contributed by atoms with Crippen molar-refractivity contribution in [1.82, 2.24) is 10.3 Å². The van der Waals surface area contributed by atoms with Crippen molar-refractivity contribution in [2.24, 2.45) is 5.41 Å². The van der Waals surface area contributed by atoms with Crippen LogP contribution in [0.3, 0.4) is 0 Å². The van der Waals surface area contributed by atoms with Crippen LogP contribution in [0.1, 0.15) is 55.6 Å². The molecule has 0 radical (unpaired) electrons. The summed E-state index contributed by atoms with van der Waals surface area (Å²) in [4.78, 5) is 27.8. The van der Waals surface area contributed by atoms with Crippen LogP contribution in [0.5, 0.6) is 0 Å². The van der Waals surface area contributed by atoms with E-state index in [4.69, 9.17) is 0 Å². The topological polar surface area (TPSA) is 79.3 Å². The van der Waals surface area contributed by atoms with Gasteiger partial charge in [0, 0.05) is 18.3 Å². The minimum Gasteiger partial charge on any atom is -0.481 e. The van der Waals surface area contributed by atoms with Crippen LogP contribution in [0.2, 0.25) is 0 Å². The van der Waals surface area contributed by atoms with Crippen LogP contribution < -0.4 is 5.32 Å². The maximum Gasteiger partial charge on any atom is 0.311 e. The fourth-order valence-electron chi connectivity index (χ4n) is 3.00. The number of aryl methyl sites for hydroxylation is 2. The lowest BCUT2D eigenvalue weighted by Crippen LogP contribution is -2.44. The van der Waals surface area contributed by atoms with Gasteiger partial charge in [0.2, 0.25) is 5.91 Å². The molecule has 1 fully saturated rings. The molecule has 0 aromatic carbocycles. The van der Waals surface area contributed by atoms with Crippen LogP contribution >= 0.6 is 11.3 Å². The Kier molecular flexibility index (Phi) is 5.94. The van der Waals surface area contributed by atoms with E-state index in [0.717, 1.165) is 42.8 Å². The molecule has 1 amide bonds. The Morgan fingerprint density at radius 1 is 1.36 bits per heavy atom. The third-order valence-electron chi connectivity index (χ3n) is 4.39. The Labute approximate surface area is 135 Å². The zero-order valence-corrected chi connectivity index (χ0v) is 13.9. The van der Waals surface area contributed by atoms with E-state index in [0.29, 0.717) is 19.3 Å². The molecular weight excluding hydrogens is 300 g/mol. The number of nitrogens with zero attached hydrogens (tertiary/aromatic N) is 1. The largest absolute Gasteiger partial charge is 0.481 e. The van der Waals surface area contributed by atoms with Crippen LogP contribution in [-0.4, -0.2) is 28.5 Å². The van der Waals surface area contributed by atoms with E-state index in [-0.39, 0.29) is 12.5 Å². The molecule has 122 valence electrons. The van der Waals surface area contributed by atoms with Gasteiger partial charge in [-0.2, -0.15) is 0 Å². The first-order valence-electron chi connectivity index (χ1n) is 7.93. The predicted octanol–water partition coefficient (Wildman–Crippen LogP) is 2.93. The number of hydrogen-bond acceptors (Lipinski definition) is 4. The Balaban J connectivity index is 1.73. The van der Waals surface area contributed by atoms with Gasteiger partial charge in [-0.3, -0.25) is 9.59 Å². The van der Waals surface area contributed by atoms with Crippen LogP contribution in [0.4, 0.5) is 0 Å². The number of aromatic nitrogens is 1. The number of nitrogens with one attached hydrogen (secondary N) is 1. The van der Waals surface area contributed by atoms with E-state index in [1.807, 2.05) is 12.3 Å². The van der Waals surface area contributed by atoms with Crippen LogP contribution in [-0.2, 0) is 16.0 Å². The highest BCUT2D eigenvalue weighted by Gasteiger charge is 2.39. The number of hydrogen-bond donors (Lipinski definition) is 2. The molecule has 1 heterocycles. The van der Waals surface area contributed by atoms with E-state index in [9.17, 15) is 14.7 Å². The van der Waals surface area contributed by atoms with Gasteiger partial charge in [-0.05, 0) is 32.6 Å². The van der Waals surface area contributed by atoms with E-state index in [1.165, 1.54) is 0 Å². The number of carboxylic acids is 1. The molecule has 1 saturated carbocycles. The predicted molar refractivity (Wildman–Crippen MR) is 86.0 cm³/mol. The number of aliphatic carboxylic acids is 1. The molecule has 6 heteroatoms. The minimum atomic E-state index is -0.773. The molecule has 0 unspecified atom stereocenters. The fraction of sp³-hybridized carbons (Fsp3) is 0.688. The van der Waals surface area contributed by atoms with Crippen molar-refractivity contribution in [2.45, 2.75) is 58.3 Å². The molecule has 1 aromatic heterocycles. The van der Waals surface area contributed by atoms with E-state index in [2.05, 4.69) is 10.3 Å². The Morgan fingerprint density at radius 2 is 2.09 bits per heavy atom. The fourth-order valence-corrected chi connectivity index (χ4v) is 3.65. The molecule has 0 spiro atoms. The SMILES string of the molecule is Cc1nc(CCCC(=O)NCC2(C(=O)O)CCCCC2)cs1. The second kappa shape index (κ2) is 7.72. The van der Waals surface area contributed by atoms with Gasteiger partial charge in [0.1, 0.15) is 0 Å². The molecule has 2 rings (SSSR count). The van der Waals surface area contributed by atoms with E-state index >= 15 is 0 Å². The van der Waals surface area contributed by atoms with Gasteiger partial charge in [0.25, 0.3) is 0 Å². The maximum atomic E-state index is 11.9. The molecule has 0 saturated heterocycles. The standard InChI is InChI=1S/C16H24N2O3S/c1-12-18-13(10-22-12)6-5-7-14(19)17-11-16(15(20)21)8-3-2-4-9-16/h10H,2-9,11H2,1H3,(H,17,19)(H,20,21). The normalized spacial score (nSPS) is 17.1. The summed E-state index contributed by atoms with van der Waals surface area (Å²) >= 11 is 1.62. The first-order valence-corrected chi connectivity index (χ1v) is 8.81. The summed E-state index contributed by atoms with van der Waals surface area (Å²) in [5, 5.41) is 15.4. The van der Waals surface area contributed by atoms with Gasteiger partial charge in [-0.1, -0.05) is 19.3 Å². The summed E-state index contributed by atoms with van der Waals surface area (Å²) in [7, 11) is 0. The molecule has 1 aliphatic carbocycles. The summed E-state index contributed by atoms with van der Waals surface area (Å²) in [5.41, 5.74) is 0.282. The summed E-state index contributed by atoms with van der Waals surface area (Å²) in [6.45, 7) is 2.23. The van der Waals surface area contributed by atoms with E-state index < -0.39 is 11.4 Å². The average Bonchev–Trinajstić information content (AvgIpc) is 2.91. The summed E-state index contributed by atoms with van der Waals surface area (Å²) in [5.74, 6) is -0.830. The van der Waals surface area contributed by atoms with Gasteiger partial charge >= 0.3 is 5.97 Å². The molecule has 0 atom stereocenters. The van der Waals surface area contributed by atoms with E-state index in [1.54, 1.807) is 11.3 Å². The maximum absolute atomic E-state index is 11.9. The van der Waals surface area contributed by atoms with Crippen molar-refractivity contribution >= 4 is 23.2 Å². The van der Waals surface area contributed by atoms with Crippen molar-refractivity contribution in [3.8, 4) is 0 Å². The zero-order chi connectivity index (χ0) is 16.0. The molecule has 22 heavy (non-hydrogen) atoms. The second-order valence-electron chi connectivity index (χ2n) is 6.13. The highest BCUT2D eigenvalue weighted by Crippen LogP contribution is 2.36. The van der Waals surface area contributed by atoms with Gasteiger partial charge in [0.05, 0.1) is 16.1 Å². The number of amides is 1. The smallest absolute Gasteiger partial charge is 0.311 e. The van der Waals surface area contributed by atoms with Crippen molar-refractivity contribution in [1.29, 1.82) is 0 Å². The van der Waals surface area contributed by atoms with Crippen molar-refractivity contribution in [3.05, 3.63) is 16.1 Å². The number of carboxylic acid groups (broad SMARTS) is 1. The molecular formula is C16H24N2O3S. The molecule has 0 aliphatic heterocycles. The quantitative estimate of drug-likeness (QED) is 0.808. The molecule has 1 aliphatic rings. The van der Waals surface area contributed by atoms with Gasteiger partial charge < -0.3 is 10.4 Å². The summed E-state index contributed by atoms with van der Waals surface area (Å²) in [6.07, 6.45) is 6.26. The lowest BCUT2D eigenvalue weighted by Gasteiger charge is -2.33. The first-order chi connectivity index (χ1) is 10.5. The lowest BCUT2D eigenvalue weighted by molar-refractivity contribution is -0.151. The summed E-state index contributed by atoms with van der Waals surface area (Å²) in [6, 6.07) is 0. The molecule has 5 nitrogen and oxygen atoms in total. The summed E-state index contributed by atoms with van der Waals surface area (Å²) < 4.78 is 0. The minimum absolute atomic E-state index is 0.0573. The Bertz CT molecular complexity index is 521.